The summed E-state index contributed by atoms with van der Waals surface area (Å²) in [6, 6.07) is 0. The number of aromatic amines is 1. The van der Waals surface area contributed by atoms with E-state index in [0.29, 0.717) is 22.7 Å². The number of aromatic nitrogens is 4. The van der Waals surface area contributed by atoms with Crippen LogP contribution >= 0.6 is 11.8 Å². The van der Waals surface area contributed by atoms with Crippen LogP contribution in [-0.2, 0) is 11.3 Å². The molecule has 0 aliphatic heterocycles. The van der Waals surface area contributed by atoms with Crippen LogP contribution in [0.2, 0.25) is 0 Å². The lowest BCUT2D eigenvalue weighted by Crippen LogP contribution is -2.22. The van der Waals surface area contributed by atoms with Crippen LogP contribution in [0.15, 0.2) is 16.1 Å². The van der Waals surface area contributed by atoms with Gasteiger partial charge in [0.2, 0.25) is 0 Å². The molecule has 0 fully saturated rings. The number of thioether (sulfide) groups is 1. The lowest BCUT2D eigenvalue weighted by atomic mass is 10.4. The fraction of sp³-hybridized carbons (Fsp3) is 0.333. The number of nitrogens with zero attached hydrogens (tertiary/aromatic N) is 3. The summed E-state index contributed by atoms with van der Waals surface area (Å²) < 4.78 is 1.44. The molecule has 0 bridgehead atoms. The first-order valence-electron chi connectivity index (χ1n) is 4.92. The Morgan fingerprint density at radius 1 is 1.65 bits per heavy atom. The lowest BCUT2D eigenvalue weighted by molar-refractivity contribution is -0.133. The molecule has 2 N–H and O–H groups in total. The molecule has 2 rings (SSSR count). The zero-order chi connectivity index (χ0) is 12.4. The minimum absolute atomic E-state index is 0.133. The SMILES string of the molecule is CCn1c(SCC(=O)O)nc2[nH]ncc2c1=O. The van der Waals surface area contributed by atoms with E-state index in [2.05, 4.69) is 15.2 Å². The molecule has 2 aromatic heterocycles. The molecular weight excluding hydrogens is 244 g/mol. The number of aliphatic carboxylic acids is 1. The van der Waals surface area contributed by atoms with E-state index in [9.17, 15) is 9.59 Å². The van der Waals surface area contributed by atoms with Gasteiger partial charge in [0.15, 0.2) is 10.8 Å². The smallest absolute Gasteiger partial charge is 0.313 e. The first kappa shape index (κ1) is 11.6. The van der Waals surface area contributed by atoms with Crippen LogP contribution in [0.25, 0.3) is 11.0 Å². The number of carbonyl (C=O) groups is 1. The van der Waals surface area contributed by atoms with E-state index in [4.69, 9.17) is 5.11 Å². The molecule has 17 heavy (non-hydrogen) atoms. The van der Waals surface area contributed by atoms with Crippen molar-refractivity contribution in [2.45, 2.75) is 18.6 Å². The van der Waals surface area contributed by atoms with Gasteiger partial charge in [-0.05, 0) is 6.92 Å². The molecule has 0 aromatic carbocycles. The molecule has 0 aliphatic carbocycles. The van der Waals surface area contributed by atoms with Crippen molar-refractivity contribution in [1.82, 2.24) is 19.7 Å². The molecule has 7 nitrogen and oxygen atoms in total. The summed E-state index contributed by atoms with van der Waals surface area (Å²) in [5.74, 6) is -1.08. The molecule has 0 radical (unpaired) electrons. The van der Waals surface area contributed by atoms with Gasteiger partial charge in [-0.1, -0.05) is 11.8 Å². The minimum Gasteiger partial charge on any atom is -0.481 e. The average Bonchev–Trinajstić information content (AvgIpc) is 2.74. The second-order valence-electron chi connectivity index (χ2n) is 3.26. The highest BCUT2D eigenvalue weighted by atomic mass is 32.2. The zero-order valence-electron chi connectivity index (χ0n) is 9.01. The standard InChI is InChI=1S/C9H10N4O3S/c1-2-13-8(16)5-3-10-12-7(5)11-9(13)17-4-6(14)15/h3H,2,4H2,1H3,(H,10,12)(H,14,15). The molecule has 0 saturated heterocycles. The summed E-state index contributed by atoms with van der Waals surface area (Å²) in [4.78, 5) is 26.7. The van der Waals surface area contributed by atoms with Crippen molar-refractivity contribution in [1.29, 1.82) is 0 Å². The number of carboxylic acids is 1. The van der Waals surface area contributed by atoms with Crippen molar-refractivity contribution >= 4 is 28.8 Å². The van der Waals surface area contributed by atoms with Crippen molar-refractivity contribution in [2.75, 3.05) is 5.75 Å². The van der Waals surface area contributed by atoms with Gasteiger partial charge in [-0.2, -0.15) is 5.10 Å². The van der Waals surface area contributed by atoms with Crippen molar-refractivity contribution in [2.24, 2.45) is 0 Å². The number of hydrogen-bond donors (Lipinski definition) is 2. The zero-order valence-corrected chi connectivity index (χ0v) is 9.82. The Kier molecular flexibility index (Phi) is 3.14. The van der Waals surface area contributed by atoms with Gasteiger partial charge in [0.05, 0.1) is 11.9 Å². The van der Waals surface area contributed by atoms with Gasteiger partial charge in [-0.15, -0.1) is 0 Å². The predicted molar refractivity (Wildman–Crippen MR) is 62.2 cm³/mol. The van der Waals surface area contributed by atoms with Gasteiger partial charge in [0.1, 0.15) is 5.39 Å². The topological polar surface area (TPSA) is 101 Å². The Balaban J connectivity index is 2.52. The minimum atomic E-state index is -0.948. The first-order valence-corrected chi connectivity index (χ1v) is 5.90. The van der Waals surface area contributed by atoms with E-state index >= 15 is 0 Å². The van der Waals surface area contributed by atoms with Gasteiger partial charge in [-0.25, -0.2) is 4.98 Å². The normalized spacial score (nSPS) is 10.9. The average molecular weight is 254 g/mol. The van der Waals surface area contributed by atoms with Crippen LogP contribution < -0.4 is 5.56 Å². The monoisotopic (exact) mass is 254 g/mol. The van der Waals surface area contributed by atoms with Crippen LogP contribution in [0.3, 0.4) is 0 Å². The molecule has 2 aromatic rings. The van der Waals surface area contributed by atoms with Gasteiger partial charge < -0.3 is 5.11 Å². The van der Waals surface area contributed by atoms with Crippen molar-refractivity contribution in [3.8, 4) is 0 Å². The van der Waals surface area contributed by atoms with E-state index in [1.807, 2.05) is 0 Å². The Hall–Kier alpha value is -1.83. The fourth-order valence-electron chi connectivity index (χ4n) is 1.42. The number of fused-ring (bicyclic) bond motifs is 1. The van der Waals surface area contributed by atoms with Crippen molar-refractivity contribution in [3.63, 3.8) is 0 Å². The molecular formula is C9H10N4O3S. The second kappa shape index (κ2) is 4.58. The summed E-state index contributed by atoms with van der Waals surface area (Å²) in [6.07, 6.45) is 1.42. The summed E-state index contributed by atoms with van der Waals surface area (Å²) in [5.41, 5.74) is 0.173. The number of H-pyrrole nitrogens is 1. The van der Waals surface area contributed by atoms with Crippen LogP contribution in [0.5, 0.6) is 0 Å². The molecule has 0 aliphatic rings. The Labute approximate surface area is 99.9 Å². The third-order valence-corrected chi connectivity index (χ3v) is 3.14. The highest BCUT2D eigenvalue weighted by Crippen LogP contribution is 2.16. The summed E-state index contributed by atoms with van der Waals surface area (Å²) in [7, 11) is 0. The Morgan fingerprint density at radius 3 is 3.06 bits per heavy atom. The fourth-order valence-corrected chi connectivity index (χ4v) is 2.20. The van der Waals surface area contributed by atoms with Gasteiger partial charge >= 0.3 is 5.97 Å². The number of carboxylic acid groups (broad SMARTS) is 1. The highest BCUT2D eigenvalue weighted by molar-refractivity contribution is 7.99. The third-order valence-electron chi connectivity index (χ3n) is 2.17. The highest BCUT2D eigenvalue weighted by Gasteiger charge is 2.12. The molecule has 0 amide bonds. The van der Waals surface area contributed by atoms with Crippen LogP contribution in [0.4, 0.5) is 0 Å². The Morgan fingerprint density at radius 2 is 2.41 bits per heavy atom. The summed E-state index contributed by atoms with van der Waals surface area (Å²) >= 11 is 1.02. The summed E-state index contributed by atoms with van der Waals surface area (Å²) in [6.45, 7) is 2.24. The van der Waals surface area contributed by atoms with E-state index in [1.54, 1.807) is 6.92 Å². The molecule has 0 spiro atoms. The van der Waals surface area contributed by atoms with E-state index in [0.717, 1.165) is 11.8 Å². The van der Waals surface area contributed by atoms with E-state index in [1.165, 1.54) is 10.8 Å². The Bertz CT molecular complexity index is 618. The van der Waals surface area contributed by atoms with Crippen LogP contribution in [-0.4, -0.2) is 36.6 Å². The predicted octanol–water partition coefficient (Wildman–Crippen LogP) is 0.316. The van der Waals surface area contributed by atoms with E-state index in [-0.39, 0.29) is 11.3 Å². The van der Waals surface area contributed by atoms with Crippen LogP contribution in [0.1, 0.15) is 6.92 Å². The van der Waals surface area contributed by atoms with Gasteiger partial charge in [0.25, 0.3) is 5.56 Å². The van der Waals surface area contributed by atoms with E-state index < -0.39 is 5.97 Å². The number of hydrogen-bond acceptors (Lipinski definition) is 5. The number of nitrogens with one attached hydrogen (secondary N) is 1. The molecule has 2 heterocycles. The molecule has 8 heteroatoms. The number of rotatable bonds is 4. The summed E-state index contributed by atoms with van der Waals surface area (Å²) in [5, 5.41) is 15.8. The maximum absolute atomic E-state index is 12.0. The van der Waals surface area contributed by atoms with Crippen molar-refractivity contribution in [3.05, 3.63) is 16.6 Å². The molecule has 0 unspecified atom stereocenters. The lowest BCUT2D eigenvalue weighted by Gasteiger charge is -2.07. The van der Waals surface area contributed by atoms with Gasteiger partial charge in [0, 0.05) is 6.54 Å². The molecule has 0 atom stereocenters. The van der Waals surface area contributed by atoms with Crippen LogP contribution in [0, 0.1) is 0 Å². The molecule has 0 saturated carbocycles. The largest absolute Gasteiger partial charge is 0.481 e. The quantitative estimate of drug-likeness (QED) is 0.601. The second-order valence-corrected chi connectivity index (χ2v) is 4.20. The maximum Gasteiger partial charge on any atom is 0.313 e. The first-order chi connectivity index (χ1) is 8.13. The molecule has 90 valence electrons. The maximum atomic E-state index is 12.0. The third kappa shape index (κ3) is 2.16. The van der Waals surface area contributed by atoms with Gasteiger partial charge in [-0.3, -0.25) is 19.3 Å². The van der Waals surface area contributed by atoms with Crippen molar-refractivity contribution < 1.29 is 9.90 Å².